The number of amidine groups is 1. The molecule has 1 amide bonds. The van der Waals surface area contributed by atoms with Crippen LogP contribution >= 0.6 is 15.9 Å². The lowest BCUT2D eigenvalue weighted by Gasteiger charge is -2.07. The predicted octanol–water partition coefficient (Wildman–Crippen LogP) is 0.934. The minimum Gasteiger partial charge on any atom is -0.496 e. The molecule has 0 saturated heterocycles. The highest BCUT2D eigenvalue weighted by molar-refractivity contribution is 9.10. The van der Waals surface area contributed by atoms with Crippen LogP contribution < -0.4 is 15.8 Å². The van der Waals surface area contributed by atoms with Gasteiger partial charge in [-0.25, -0.2) is 0 Å². The fraction of sp³-hybridized carbons (Fsp3) is 0.200. The first-order valence-electron chi connectivity index (χ1n) is 4.66. The van der Waals surface area contributed by atoms with Crippen molar-refractivity contribution in [1.82, 2.24) is 5.32 Å². The van der Waals surface area contributed by atoms with Crippen LogP contribution in [0.1, 0.15) is 10.4 Å². The lowest BCUT2D eigenvalue weighted by Crippen LogP contribution is -2.33. The number of nitrogens with two attached hydrogens (primary N) is 1. The molecule has 0 aliphatic carbocycles. The van der Waals surface area contributed by atoms with Crippen LogP contribution in [0.5, 0.6) is 5.75 Å². The van der Waals surface area contributed by atoms with Gasteiger partial charge in [-0.1, -0.05) is 5.16 Å². The van der Waals surface area contributed by atoms with Crippen molar-refractivity contribution in [3.63, 3.8) is 0 Å². The van der Waals surface area contributed by atoms with Crippen molar-refractivity contribution < 1.29 is 14.7 Å². The molecule has 0 aliphatic heterocycles. The van der Waals surface area contributed by atoms with E-state index in [1.165, 1.54) is 7.11 Å². The molecule has 0 radical (unpaired) electrons. The maximum absolute atomic E-state index is 11.7. The van der Waals surface area contributed by atoms with E-state index in [4.69, 9.17) is 15.7 Å². The number of rotatable bonds is 4. The smallest absolute Gasteiger partial charge is 0.251 e. The van der Waals surface area contributed by atoms with E-state index < -0.39 is 0 Å². The molecule has 1 rings (SSSR count). The Morgan fingerprint density at radius 1 is 1.65 bits per heavy atom. The van der Waals surface area contributed by atoms with E-state index in [9.17, 15) is 4.79 Å². The fourth-order valence-corrected chi connectivity index (χ4v) is 1.66. The Kier molecular flexibility index (Phi) is 4.77. The van der Waals surface area contributed by atoms with Crippen molar-refractivity contribution in [3.05, 3.63) is 28.2 Å². The number of hydrogen-bond donors (Lipinski definition) is 3. The first-order chi connectivity index (χ1) is 8.08. The van der Waals surface area contributed by atoms with Crippen LogP contribution in [0.15, 0.2) is 27.8 Å². The first-order valence-corrected chi connectivity index (χ1v) is 5.46. The summed E-state index contributed by atoms with van der Waals surface area (Å²) in [6, 6.07) is 4.91. The van der Waals surface area contributed by atoms with Crippen molar-refractivity contribution in [1.29, 1.82) is 0 Å². The van der Waals surface area contributed by atoms with Gasteiger partial charge in [0.05, 0.1) is 18.1 Å². The van der Waals surface area contributed by atoms with Gasteiger partial charge in [0.2, 0.25) is 0 Å². The summed E-state index contributed by atoms with van der Waals surface area (Å²) in [5.74, 6) is 0.254. The van der Waals surface area contributed by atoms with Gasteiger partial charge in [0.15, 0.2) is 5.84 Å². The molecule has 0 atom stereocenters. The second kappa shape index (κ2) is 6.09. The van der Waals surface area contributed by atoms with Gasteiger partial charge in [0, 0.05) is 5.56 Å². The Bertz CT molecular complexity index is 448. The van der Waals surface area contributed by atoms with Gasteiger partial charge in [0.1, 0.15) is 5.75 Å². The molecule has 0 fully saturated rings. The van der Waals surface area contributed by atoms with E-state index in [2.05, 4.69) is 26.4 Å². The average Bonchev–Trinajstić information content (AvgIpc) is 2.35. The van der Waals surface area contributed by atoms with Crippen LogP contribution in [0, 0.1) is 0 Å². The minimum absolute atomic E-state index is 0.0149. The molecule has 4 N–H and O–H groups in total. The molecule has 0 bridgehead atoms. The van der Waals surface area contributed by atoms with Gasteiger partial charge < -0.3 is 21.0 Å². The topological polar surface area (TPSA) is 96.9 Å². The monoisotopic (exact) mass is 301 g/mol. The maximum Gasteiger partial charge on any atom is 0.251 e. The zero-order chi connectivity index (χ0) is 12.8. The molecule has 6 nitrogen and oxygen atoms in total. The van der Waals surface area contributed by atoms with Crippen molar-refractivity contribution in [2.75, 3.05) is 13.7 Å². The van der Waals surface area contributed by atoms with E-state index in [1.807, 2.05) is 0 Å². The summed E-state index contributed by atoms with van der Waals surface area (Å²) in [7, 11) is 1.54. The van der Waals surface area contributed by atoms with Crippen LogP contribution in [-0.4, -0.2) is 30.6 Å². The molecule has 1 aromatic carbocycles. The third-order valence-corrected chi connectivity index (χ3v) is 2.59. The Balaban J connectivity index is 2.73. The second-order valence-electron chi connectivity index (χ2n) is 3.12. The highest BCUT2D eigenvalue weighted by Crippen LogP contribution is 2.25. The number of nitrogens with one attached hydrogen (secondary N) is 1. The van der Waals surface area contributed by atoms with Gasteiger partial charge in [-0.05, 0) is 34.1 Å². The summed E-state index contributed by atoms with van der Waals surface area (Å²) >= 11 is 3.28. The molecular weight excluding hydrogens is 290 g/mol. The van der Waals surface area contributed by atoms with E-state index in [-0.39, 0.29) is 18.3 Å². The third-order valence-electron chi connectivity index (χ3n) is 1.97. The number of amides is 1. The molecule has 0 unspecified atom stereocenters. The van der Waals surface area contributed by atoms with Crippen LogP contribution in [0.2, 0.25) is 0 Å². The lowest BCUT2D eigenvalue weighted by molar-refractivity contribution is 0.0959. The number of carbonyl (C=O) groups excluding carboxylic acids is 1. The number of oxime groups is 1. The zero-order valence-electron chi connectivity index (χ0n) is 9.11. The van der Waals surface area contributed by atoms with E-state index >= 15 is 0 Å². The third kappa shape index (κ3) is 3.63. The number of hydrogen-bond acceptors (Lipinski definition) is 4. The van der Waals surface area contributed by atoms with Crippen LogP contribution in [0.25, 0.3) is 0 Å². The maximum atomic E-state index is 11.7. The standard InChI is InChI=1S/C10H12BrN3O3/c1-17-8-3-2-6(4-7(8)11)10(15)13-5-9(12)14-16/h2-4,16H,5H2,1H3,(H2,12,14)(H,13,15). The number of nitrogens with zero attached hydrogens (tertiary/aromatic N) is 1. The highest BCUT2D eigenvalue weighted by Gasteiger charge is 2.08. The molecule has 17 heavy (non-hydrogen) atoms. The zero-order valence-corrected chi connectivity index (χ0v) is 10.7. The average molecular weight is 302 g/mol. The molecule has 0 saturated carbocycles. The number of benzene rings is 1. The van der Waals surface area contributed by atoms with Crippen molar-refractivity contribution >= 4 is 27.7 Å². The van der Waals surface area contributed by atoms with Gasteiger partial charge in [-0.15, -0.1) is 0 Å². The fourth-order valence-electron chi connectivity index (χ4n) is 1.12. The Labute approximate surface area is 107 Å². The molecule has 0 spiro atoms. The van der Waals surface area contributed by atoms with Gasteiger partial charge in [0.25, 0.3) is 5.91 Å². The number of methoxy groups -OCH3 is 1. The normalized spacial score (nSPS) is 11.1. The van der Waals surface area contributed by atoms with E-state index in [0.717, 1.165) is 0 Å². The van der Waals surface area contributed by atoms with Crippen LogP contribution in [-0.2, 0) is 0 Å². The highest BCUT2D eigenvalue weighted by atomic mass is 79.9. The molecule has 1 aromatic rings. The molecular formula is C10H12BrN3O3. The Morgan fingerprint density at radius 3 is 2.88 bits per heavy atom. The number of halogens is 1. The second-order valence-corrected chi connectivity index (χ2v) is 3.98. The quantitative estimate of drug-likeness (QED) is 0.334. The van der Waals surface area contributed by atoms with Gasteiger partial charge in [-0.2, -0.15) is 0 Å². The molecule has 0 heterocycles. The summed E-state index contributed by atoms with van der Waals surface area (Å²) in [5, 5.41) is 13.6. The van der Waals surface area contributed by atoms with Crippen LogP contribution in [0.3, 0.4) is 0 Å². The van der Waals surface area contributed by atoms with Crippen LogP contribution in [0.4, 0.5) is 0 Å². The summed E-state index contributed by atoms with van der Waals surface area (Å²) < 4.78 is 5.72. The molecule has 7 heteroatoms. The molecule has 0 aliphatic rings. The summed E-state index contributed by atoms with van der Waals surface area (Å²) in [5.41, 5.74) is 5.68. The summed E-state index contributed by atoms with van der Waals surface area (Å²) in [4.78, 5) is 11.7. The molecule has 92 valence electrons. The summed E-state index contributed by atoms with van der Waals surface area (Å²) in [6.45, 7) is -0.0149. The van der Waals surface area contributed by atoms with Crippen molar-refractivity contribution in [2.45, 2.75) is 0 Å². The predicted molar refractivity (Wildman–Crippen MR) is 66.4 cm³/mol. The lowest BCUT2D eigenvalue weighted by atomic mass is 10.2. The number of carbonyl (C=O) groups is 1. The Hall–Kier alpha value is -1.76. The first kappa shape index (κ1) is 13.3. The minimum atomic E-state index is -0.319. The van der Waals surface area contributed by atoms with E-state index in [1.54, 1.807) is 18.2 Å². The van der Waals surface area contributed by atoms with Crippen molar-refractivity contribution in [3.8, 4) is 5.75 Å². The summed E-state index contributed by atoms with van der Waals surface area (Å²) in [6.07, 6.45) is 0. The van der Waals surface area contributed by atoms with E-state index in [0.29, 0.717) is 15.8 Å². The van der Waals surface area contributed by atoms with Crippen molar-refractivity contribution in [2.24, 2.45) is 10.9 Å². The van der Waals surface area contributed by atoms with Gasteiger partial charge >= 0.3 is 0 Å². The molecule has 0 aromatic heterocycles. The van der Waals surface area contributed by atoms with Gasteiger partial charge in [-0.3, -0.25) is 4.79 Å². The Morgan fingerprint density at radius 2 is 2.35 bits per heavy atom. The SMILES string of the molecule is COc1ccc(C(=O)NC/C(N)=N/O)cc1Br. The number of ether oxygens (including phenoxy) is 1. The largest absolute Gasteiger partial charge is 0.496 e.